The van der Waals surface area contributed by atoms with Crippen LogP contribution in [0, 0.1) is 0 Å². The molecule has 0 aromatic heterocycles. The van der Waals surface area contributed by atoms with Crippen LogP contribution in [0.1, 0.15) is 25.0 Å². The first-order valence-corrected chi connectivity index (χ1v) is 15.1. The standard InChI is InChI=1S/C32H44N2O10/c1-25(27-3-5-29-31(23-27)43-21-17-39-13-9-35-7-11-37-15-19-41-29)33-34-26(2)28-4-6-30-32(24-28)44-22-18-40-14-10-36-8-12-38-16-20-42-30/h3-6,23-24H,7-22H2,1-2H3/b33-25+,34-26?. The summed E-state index contributed by atoms with van der Waals surface area (Å²) in [7, 11) is 0. The molecule has 0 unspecified atom stereocenters. The van der Waals surface area contributed by atoms with Gasteiger partial charge in [-0.2, -0.15) is 10.2 Å². The number of hydrogen-bond acceptors (Lipinski definition) is 12. The largest absolute Gasteiger partial charge is 0.487 e. The third-order valence-electron chi connectivity index (χ3n) is 6.50. The fraction of sp³-hybridized carbons (Fsp3) is 0.562. The van der Waals surface area contributed by atoms with Crippen molar-refractivity contribution in [2.45, 2.75) is 13.8 Å². The minimum absolute atomic E-state index is 0.376. The van der Waals surface area contributed by atoms with Gasteiger partial charge in [0.2, 0.25) is 0 Å². The lowest BCUT2D eigenvalue weighted by molar-refractivity contribution is 0.00708. The van der Waals surface area contributed by atoms with Gasteiger partial charge < -0.3 is 47.4 Å². The molecule has 2 aromatic carbocycles. The van der Waals surface area contributed by atoms with Crippen molar-refractivity contribution in [1.82, 2.24) is 0 Å². The highest BCUT2D eigenvalue weighted by Gasteiger charge is 2.12. The van der Waals surface area contributed by atoms with Gasteiger partial charge in [-0.1, -0.05) is 0 Å². The summed E-state index contributed by atoms with van der Waals surface area (Å²) in [5.74, 6) is 2.47. The summed E-state index contributed by atoms with van der Waals surface area (Å²) < 4.78 is 57.1. The molecule has 44 heavy (non-hydrogen) atoms. The Morgan fingerprint density at radius 3 is 0.977 bits per heavy atom. The molecule has 2 aromatic rings. The van der Waals surface area contributed by atoms with Gasteiger partial charge in [0.05, 0.1) is 90.7 Å². The molecule has 0 fully saturated rings. The minimum Gasteiger partial charge on any atom is -0.487 e. The van der Waals surface area contributed by atoms with Crippen LogP contribution in [0.25, 0.3) is 0 Å². The van der Waals surface area contributed by atoms with Crippen molar-refractivity contribution in [3.8, 4) is 23.0 Å². The van der Waals surface area contributed by atoms with Gasteiger partial charge in [-0.15, -0.1) is 0 Å². The monoisotopic (exact) mass is 616 g/mol. The van der Waals surface area contributed by atoms with E-state index in [1.165, 1.54) is 0 Å². The molecule has 0 saturated heterocycles. The van der Waals surface area contributed by atoms with Gasteiger partial charge in [-0.3, -0.25) is 0 Å². The first-order chi connectivity index (χ1) is 21.7. The van der Waals surface area contributed by atoms with Gasteiger partial charge in [0, 0.05) is 11.1 Å². The van der Waals surface area contributed by atoms with E-state index in [0.29, 0.717) is 129 Å². The number of nitrogens with zero attached hydrogens (tertiary/aromatic N) is 2. The van der Waals surface area contributed by atoms with Crippen molar-refractivity contribution in [3.05, 3.63) is 47.5 Å². The zero-order valence-corrected chi connectivity index (χ0v) is 25.8. The predicted octanol–water partition coefficient (Wildman–Crippen LogP) is 3.56. The number of hydrogen-bond donors (Lipinski definition) is 0. The van der Waals surface area contributed by atoms with E-state index in [9.17, 15) is 0 Å². The SMILES string of the molecule is CC(=N/N=C(\C)c1ccc2c(c1)OCCOCCOCCOCCO2)c1ccc2c(c1)OCCOCCOCCOCCO2. The number of ether oxygens (including phenoxy) is 10. The van der Waals surface area contributed by atoms with Gasteiger partial charge in [-0.05, 0) is 50.2 Å². The molecule has 12 heteroatoms. The van der Waals surface area contributed by atoms with E-state index in [-0.39, 0.29) is 0 Å². The quantitative estimate of drug-likeness (QED) is 0.374. The Labute approximate surface area is 259 Å². The van der Waals surface area contributed by atoms with E-state index in [1.807, 2.05) is 50.2 Å². The van der Waals surface area contributed by atoms with Gasteiger partial charge in [-0.25, -0.2) is 0 Å². The van der Waals surface area contributed by atoms with Gasteiger partial charge >= 0.3 is 0 Å². The lowest BCUT2D eigenvalue weighted by atomic mass is 10.1. The van der Waals surface area contributed by atoms with Crippen molar-refractivity contribution < 1.29 is 47.4 Å². The molecule has 242 valence electrons. The Hall–Kier alpha value is -3.26. The molecule has 0 radical (unpaired) electrons. The van der Waals surface area contributed by atoms with E-state index < -0.39 is 0 Å². The van der Waals surface area contributed by atoms with Crippen molar-refractivity contribution in [1.29, 1.82) is 0 Å². The summed E-state index contributed by atoms with van der Waals surface area (Å²) in [6.45, 7) is 11.2. The van der Waals surface area contributed by atoms with Gasteiger partial charge in [0.1, 0.15) is 26.4 Å². The lowest BCUT2D eigenvalue weighted by Gasteiger charge is -2.14. The molecule has 2 aliphatic rings. The Kier molecular flexibility index (Phi) is 15.2. The van der Waals surface area contributed by atoms with Crippen LogP contribution >= 0.6 is 0 Å². The molecule has 12 nitrogen and oxygen atoms in total. The summed E-state index contributed by atoms with van der Waals surface area (Å²) >= 11 is 0. The van der Waals surface area contributed by atoms with Crippen LogP contribution in [-0.2, 0) is 28.4 Å². The first kappa shape index (κ1) is 33.6. The minimum atomic E-state index is 0.376. The molecular weight excluding hydrogens is 572 g/mol. The second-order valence-corrected chi connectivity index (χ2v) is 9.76. The van der Waals surface area contributed by atoms with E-state index in [1.54, 1.807) is 0 Å². The molecule has 2 heterocycles. The number of benzene rings is 2. The van der Waals surface area contributed by atoms with E-state index in [4.69, 9.17) is 47.4 Å². The molecular formula is C32H44N2O10. The van der Waals surface area contributed by atoms with Crippen LogP contribution in [0.15, 0.2) is 46.6 Å². The smallest absolute Gasteiger partial charge is 0.161 e. The molecule has 0 bridgehead atoms. The summed E-state index contributed by atoms with van der Waals surface area (Å²) in [4.78, 5) is 0. The zero-order chi connectivity index (χ0) is 30.7. The summed E-state index contributed by atoms with van der Waals surface area (Å²) in [6, 6.07) is 11.4. The summed E-state index contributed by atoms with van der Waals surface area (Å²) in [5.41, 5.74) is 3.16. The molecule has 0 atom stereocenters. The summed E-state index contributed by atoms with van der Waals surface area (Å²) in [5, 5.41) is 9.02. The molecule has 0 saturated carbocycles. The summed E-state index contributed by atoms with van der Waals surface area (Å²) in [6.07, 6.45) is 0. The van der Waals surface area contributed by atoms with Crippen molar-refractivity contribution >= 4 is 11.4 Å². The fourth-order valence-corrected chi connectivity index (χ4v) is 4.12. The third-order valence-corrected chi connectivity index (χ3v) is 6.50. The zero-order valence-electron chi connectivity index (χ0n) is 25.8. The van der Waals surface area contributed by atoms with Crippen LogP contribution in [-0.4, -0.2) is 117 Å². The van der Waals surface area contributed by atoms with Crippen molar-refractivity contribution in [2.75, 3.05) is 106 Å². The molecule has 0 amide bonds. The van der Waals surface area contributed by atoms with Crippen LogP contribution in [0.3, 0.4) is 0 Å². The van der Waals surface area contributed by atoms with E-state index >= 15 is 0 Å². The third kappa shape index (κ3) is 12.0. The van der Waals surface area contributed by atoms with Crippen LogP contribution in [0.2, 0.25) is 0 Å². The maximum atomic E-state index is 6.00. The fourth-order valence-electron chi connectivity index (χ4n) is 4.12. The second kappa shape index (κ2) is 19.9. The highest BCUT2D eigenvalue weighted by molar-refractivity contribution is 6.02. The first-order valence-electron chi connectivity index (χ1n) is 15.1. The molecule has 0 N–H and O–H groups in total. The van der Waals surface area contributed by atoms with Gasteiger partial charge in [0.15, 0.2) is 23.0 Å². The number of rotatable bonds is 3. The lowest BCUT2D eigenvalue weighted by Crippen LogP contribution is -2.13. The van der Waals surface area contributed by atoms with E-state index in [2.05, 4.69) is 10.2 Å². The van der Waals surface area contributed by atoms with Crippen LogP contribution in [0.5, 0.6) is 23.0 Å². The number of fused-ring (bicyclic) bond motifs is 2. The van der Waals surface area contributed by atoms with Crippen molar-refractivity contribution in [3.63, 3.8) is 0 Å². The molecule has 0 spiro atoms. The Morgan fingerprint density at radius 1 is 0.386 bits per heavy atom. The Morgan fingerprint density at radius 2 is 0.659 bits per heavy atom. The average molecular weight is 617 g/mol. The second-order valence-electron chi connectivity index (χ2n) is 9.76. The topological polar surface area (TPSA) is 117 Å². The average Bonchev–Trinajstić information content (AvgIpc) is 3.06. The normalized spacial score (nSPS) is 19.5. The Bertz CT molecular complexity index is 1100. The van der Waals surface area contributed by atoms with E-state index in [0.717, 1.165) is 22.6 Å². The maximum Gasteiger partial charge on any atom is 0.161 e. The van der Waals surface area contributed by atoms with Gasteiger partial charge in [0.25, 0.3) is 0 Å². The Balaban J connectivity index is 1.44. The maximum absolute atomic E-state index is 6.00. The predicted molar refractivity (Wildman–Crippen MR) is 164 cm³/mol. The molecule has 4 rings (SSSR count). The van der Waals surface area contributed by atoms with Crippen molar-refractivity contribution in [2.24, 2.45) is 10.2 Å². The van der Waals surface area contributed by atoms with Crippen LogP contribution in [0.4, 0.5) is 0 Å². The molecule has 2 aliphatic heterocycles. The highest BCUT2D eigenvalue weighted by atomic mass is 16.6. The van der Waals surface area contributed by atoms with Crippen LogP contribution < -0.4 is 18.9 Å². The highest BCUT2D eigenvalue weighted by Crippen LogP contribution is 2.30. The molecule has 0 aliphatic carbocycles.